The van der Waals surface area contributed by atoms with E-state index >= 15 is 0 Å². The Balaban J connectivity index is 1.54. The lowest BCUT2D eigenvalue weighted by atomic mass is 9.92. The Morgan fingerprint density at radius 2 is 1.80 bits per heavy atom. The van der Waals surface area contributed by atoms with Gasteiger partial charge >= 0.3 is 0 Å². The second kappa shape index (κ2) is 9.99. The lowest BCUT2D eigenvalue weighted by molar-refractivity contribution is -0.131. The molecule has 180 valence electrons. The smallest absolute Gasteiger partial charge is 0.258 e. The normalized spacial score (nSPS) is 15.5. The van der Waals surface area contributed by atoms with E-state index in [0.29, 0.717) is 22.7 Å². The SMILES string of the molecule is CC1C(=O)N(C(=O)[C@H](C)NC(=O)COc2ccc(CO)cc2)c2cccc(N)c2-c2ccccc21. The van der Waals surface area contributed by atoms with Crippen LogP contribution in [0.25, 0.3) is 11.1 Å². The first-order valence-electron chi connectivity index (χ1n) is 11.3. The van der Waals surface area contributed by atoms with Crippen molar-refractivity contribution >= 4 is 29.1 Å². The van der Waals surface area contributed by atoms with Crippen LogP contribution in [-0.4, -0.2) is 35.5 Å². The quantitative estimate of drug-likeness (QED) is 0.473. The highest BCUT2D eigenvalue weighted by Crippen LogP contribution is 2.44. The number of anilines is 2. The van der Waals surface area contributed by atoms with Crippen molar-refractivity contribution < 1.29 is 24.2 Å². The number of nitrogens with two attached hydrogens (primary N) is 1. The number of hydrogen-bond acceptors (Lipinski definition) is 6. The summed E-state index contributed by atoms with van der Waals surface area (Å²) in [5, 5.41) is 11.7. The van der Waals surface area contributed by atoms with Gasteiger partial charge in [0.2, 0.25) is 5.91 Å². The van der Waals surface area contributed by atoms with Gasteiger partial charge in [-0.05, 0) is 54.8 Å². The summed E-state index contributed by atoms with van der Waals surface area (Å²) in [6.07, 6.45) is 0. The number of aliphatic hydroxyl groups is 1. The molecular weight excluding hydrogens is 446 g/mol. The van der Waals surface area contributed by atoms with E-state index in [1.807, 2.05) is 24.3 Å². The molecule has 1 aliphatic heterocycles. The molecule has 0 fully saturated rings. The zero-order valence-electron chi connectivity index (χ0n) is 19.5. The van der Waals surface area contributed by atoms with Crippen molar-refractivity contribution in [1.82, 2.24) is 5.32 Å². The maximum atomic E-state index is 13.5. The van der Waals surface area contributed by atoms with Crippen LogP contribution in [-0.2, 0) is 21.0 Å². The lowest BCUT2D eigenvalue weighted by Gasteiger charge is -2.26. The second-order valence-electron chi connectivity index (χ2n) is 8.44. The van der Waals surface area contributed by atoms with E-state index in [-0.39, 0.29) is 13.2 Å². The third kappa shape index (κ3) is 4.74. The molecule has 2 atom stereocenters. The van der Waals surface area contributed by atoms with Crippen molar-refractivity contribution in [3.8, 4) is 16.9 Å². The number of carbonyl (C=O) groups is 3. The Labute approximate surface area is 203 Å². The van der Waals surface area contributed by atoms with Gasteiger partial charge in [-0.25, -0.2) is 4.90 Å². The summed E-state index contributed by atoms with van der Waals surface area (Å²) >= 11 is 0. The Kier molecular flexibility index (Phi) is 6.84. The number of nitrogens with zero attached hydrogens (tertiary/aromatic N) is 1. The maximum Gasteiger partial charge on any atom is 0.258 e. The summed E-state index contributed by atoms with van der Waals surface area (Å²) in [6, 6.07) is 18.2. The fraction of sp³-hybridized carbons (Fsp3) is 0.222. The summed E-state index contributed by atoms with van der Waals surface area (Å²) in [5.74, 6) is -1.61. The van der Waals surface area contributed by atoms with E-state index in [9.17, 15) is 14.4 Å². The summed E-state index contributed by atoms with van der Waals surface area (Å²) < 4.78 is 5.46. The number of ether oxygens (including phenoxy) is 1. The van der Waals surface area contributed by atoms with Gasteiger partial charge in [0.15, 0.2) is 6.61 Å². The lowest BCUT2D eigenvalue weighted by Crippen LogP contribution is -2.51. The zero-order chi connectivity index (χ0) is 25.1. The van der Waals surface area contributed by atoms with Gasteiger partial charge in [-0.3, -0.25) is 14.4 Å². The molecule has 0 spiro atoms. The molecule has 8 heteroatoms. The predicted octanol–water partition coefficient (Wildman–Crippen LogP) is 2.99. The standard InChI is InChI=1S/C27H27N3O5/c1-16-20-6-3-4-7-21(20)25-22(28)8-5-9-23(25)30(26(16)33)27(34)17(2)29-24(32)15-35-19-12-10-18(14-31)11-13-19/h3-13,16-17,31H,14-15,28H2,1-2H3,(H,29,32)/t16?,17-/m0/s1. The first-order chi connectivity index (χ1) is 16.8. The fourth-order valence-electron chi connectivity index (χ4n) is 4.19. The van der Waals surface area contributed by atoms with E-state index < -0.39 is 29.7 Å². The first-order valence-corrected chi connectivity index (χ1v) is 11.3. The molecule has 8 nitrogen and oxygen atoms in total. The van der Waals surface area contributed by atoms with Crippen molar-refractivity contribution in [1.29, 1.82) is 0 Å². The van der Waals surface area contributed by atoms with Gasteiger partial charge in [0.25, 0.3) is 11.8 Å². The molecule has 0 saturated carbocycles. The Bertz CT molecular complexity index is 1270. The number of carbonyl (C=O) groups excluding carboxylic acids is 3. The van der Waals surface area contributed by atoms with Crippen LogP contribution in [0.15, 0.2) is 66.7 Å². The zero-order valence-corrected chi connectivity index (χ0v) is 19.5. The number of imide groups is 1. The van der Waals surface area contributed by atoms with Crippen LogP contribution in [0.5, 0.6) is 5.75 Å². The van der Waals surface area contributed by atoms with E-state index in [4.69, 9.17) is 15.6 Å². The number of amides is 3. The molecule has 1 heterocycles. The molecule has 35 heavy (non-hydrogen) atoms. The highest BCUT2D eigenvalue weighted by Gasteiger charge is 2.37. The Hall–Kier alpha value is -4.17. The monoisotopic (exact) mass is 473 g/mol. The van der Waals surface area contributed by atoms with Crippen LogP contribution in [0.1, 0.15) is 30.9 Å². The molecule has 0 bridgehead atoms. The molecule has 0 radical (unpaired) electrons. The number of nitrogen functional groups attached to an aromatic ring is 1. The summed E-state index contributed by atoms with van der Waals surface area (Å²) in [5.41, 5.74) is 10.1. The largest absolute Gasteiger partial charge is 0.484 e. The Morgan fingerprint density at radius 3 is 2.51 bits per heavy atom. The van der Waals surface area contributed by atoms with E-state index in [1.165, 1.54) is 6.92 Å². The van der Waals surface area contributed by atoms with Crippen LogP contribution < -0.4 is 20.7 Å². The average molecular weight is 474 g/mol. The van der Waals surface area contributed by atoms with Crippen LogP contribution in [0.2, 0.25) is 0 Å². The molecule has 0 aliphatic carbocycles. The van der Waals surface area contributed by atoms with Crippen molar-refractivity contribution in [3.63, 3.8) is 0 Å². The second-order valence-corrected chi connectivity index (χ2v) is 8.44. The molecule has 0 saturated heterocycles. The minimum atomic E-state index is -0.991. The van der Waals surface area contributed by atoms with Crippen LogP contribution in [0, 0.1) is 0 Å². The maximum absolute atomic E-state index is 13.5. The van der Waals surface area contributed by atoms with Crippen LogP contribution >= 0.6 is 0 Å². The number of aliphatic hydroxyl groups excluding tert-OH is 1. The van der Waals surface area contributed by atoms with E-state index in [1.54, 1.807) is 49.4 Å². The van der Waals surface area contributed by atoms with Crippen molar-refractivity contribution in [2.75, 3.05) is 17.2 Å². The fourth-order valence-corrected chi connectivity index (χ4v) is 4.19. The molecule has 1 unspecified atom stereocenters. The number of rotatable bonds is 6. The average Bonchev–Trinajstić information content (AvgIpc) is 2.96. The van der Waals surface area contributed by atoms with Gasteiger partial charge in [-0.1, -0.05) is 42.5 Å². The van der Waals surface area contributed by atoms with Crippen molar-refractivity contribution in [3.05, 3.63) is 77.9 Å². The predicted molar refractivity (Wildman–Crippen MR) is 133 cm³/mol. The molecule has 3 aromatic carbocycles. The van der Waals surface area contributed by atoms with E-state index in [2.05, 4.69) is 5.32 Å². The molecule has 4 N–H and O–H groups in total. The topological polar surface area (TPSA) is 122 Å². The molecule has 1 aliphatic rings. The molecule has 3 aromatic rings. The number of benzene rings is 3. The van der Waals surface area contributed by atoms with Gasteiger partial charge in [-0.15, -0.1) is 0 Å². The number of hydrogen-bond donors (Lipinski definition) is 3. The first kappa shape index (κ1) is 24.0. The van der Waals surface area contributed by atoms with Gasteiger partial charge in [0, 0.05) is 11.3 Å². The van der Waals surface area contributed by atoms with Gasteiger partial charge in [0.05, 0.1) is 18.2 Å². The number of nitrogens with one attached hydrogen (secondary N) is 1. The highest BCUT2D eigenvalue weighted by atomic mass is 16.5. The highest BCUT2D eigenvalue weighted by molar-refractivity contribution is 6.22. The molecule has 0 aromatic heterocycles. The number of fused-ring (bicyclic) bond motifs is 3. The van der Waals surface area contributed by atoms with E-state index in [0.717, 1.165) is 21.6 Å². The Morgan fingerprint density at radius 1 is 1.09 bits per heavy atom. The van der Waals surface area contributed by atoms with Gasteiger partial charge < -0.3 is 20.9 Å². The van der Waals surface area contributed by atoms with Crippen molar-refractivity contribution in [2.45, 2.75) is 32.4 Å². The molecular formula is C27H27N3O5. The van der Waals surface area contributed by atoms with Gasteiger partial charge in [-0.2, -0.15) is 0 Å². The van der Waals surface area contributed by atoms with Crippen LogP contribution in [0.4, 0.5) is 11.4 Å². The molecule has 3 amide bonds. The third-order valence-electron chi connectivity index (χ3n) is 6.05. The molecule has 4 rings (SSSR count). The van der Waals surface area contributed by atoms with Crippen molar-refractivity contribution in [2.24, 2.45) is 0 Å². The van der Waals surface area contributed by atoms with Gasteiger partial charge in [0.1, 0.15) is 11.8 Å². The summed E-state index contributed by atoms with van der Waals surface area (Å²) in [7, 11) is 0. The van der Waals surface area contributed by atoms with Crippen LogP contribution in [0.3, 0.4) is 0 Å². The minimum absolute atomic E-state index is 0.0892. The summed E-state index contributed by atoms with van der Waals surface area (Å²) in [4.78, 5) is 40.6. The third-order valence-corrected chi connectivity index (χ3v) is 6.05. The minimum Gasteiger partial charge on any atom is -0.484 e. The summed E-state index contributed by atoms with van der Waals surface area (Å²) in [6.45, 7) is 2.88.